The summed E-state index contributed by atoms with van der Waals surface area (Å²) >= 11 is 0. The minimum absolute atomic E-state index is 0.116. The monoisotopic (exact) mass is 422 g/mol. The van der Waals surface area contributed by atoms with Gasteiger partial charge in [-0.25, -0.2) is 0 Å². The van der Waals surface area contributed by atoms with Crippen molar-refractivity contribution in [3.05, 3.63) is 34.7 Å². The zero-order chi connectivity index (χ0) is 21.8. The molecule has 1 aromatic carbocycles. The van der Waals surface area contributed by atoms with Gasteiger partial charge in [0, 0.05) is 25.9 Å². The van der Waals surface area contributed by atoms with Gasteiger partial charge in [-0.1, -0.05) is 56.8 Å². The maximum absolute atomic E-state index is 13.4. The van der Waals surface area contributed by atoms with Gasteiger partial charge in [0.25, 0.3) is 0 Å². The smallest absolute Gasteiger partial charge is 0.394 e. The lowest BCUT2D eigenvalue weighted by molar-refractivity contribution is -0.159. The van der Waals surface area contributed by atoms with Crippen LogP contribution in [-0.4, -0.2) is 36.2 Å². The van der Waals surface area contributed by atoms with Crippen molar-refractivity contribution in [3.8, 4) is 5.75 Å². The van der Waals surface area contributed by atoms with Crippen LogP contribution in [0.25, 0.3) is 0 Å². The predicted octanol–water partition coefficient (Wildman–Crippen LogP) is 6.60. The third-order valence-corrected chi connectivity index (χ3v) is 7.27. The largest absolute Gasteiger partial charge is 0.433 e. The van der Waals surface area contributed by atoms with E-state index in [1.165, 1.54) is 0 Å². The number of nitrogens with zero attached hydrogens (tertiary/aromatic N) is 2. The van der Waals surface area contributed by atoms with E-state index in [0.29, 0.717) is 11.8 Å². The molecule has 0 unspecified atom stereocenters. The fourth-order valence-electron chi connectivity index (χ4n) is 5.43. The molecule has 0 spiro atoms. The molecule has 0 aromatic heterocycles. The molecular weight excluding hydrogens is 386 g/mol. The van der Waals surface area contributed by atoms with Gasteiger partial charge in [0.2, 0.25) is 0 Å². The molecule has 1 heterocycles. The van der Waals surface area contributed by atoms with E-state index < -0.39 is 11.6 Å². The minimum Gasteiger partial charge on any atom is -0.433 e. The van der Waals surface area contributed by atoms with Gasteiger partial charge in [-0.15, -0.1) is 0 Å². The van der Waals surface area contributed by atoms with E-state index in [1.807, 2.05) is 6.07 Å². The Morgan fingerprint density at radius 3 is 2.67 bits per heavy atom. The van der Waals surface area contributed by atoms with Gasteiger partial charge in [-0.05, 0) is 55.3 Å². The highest BCUT2D eigenvalue weighted by molar-refractivity contribution is 5.34. The first kappa shape index (κ1) is 23.1. The molecule has 1 aliphatic carbocycles. The summed E-state index contributed by atoms with van der Waals surface area (Å²) in [4.78, 5) is 14.7. The Labute approximate surface area is 179 Å². The third kappa shape index (κ3) is 5.57. The van der Waals surface area contributed by atoms with Crippen molar-refractivity contribution in [2.24, 2.45) is 17.0 Å². The molecule has 0 N–H and O–H groups in total. The second kappa shape index (κ2) is 9.71. The van der Waals surface area contributed by atoms with Crippen molar-refractivity contribution in [2.45, 2.75) is 83.3 Å². The molecule has 3 atom stereocenters. The Morgan fingerprint density at radius 2 is 2.03 bits per heavy atom. The Balaban J connectivity index is 1.90. The summed E-state index contributed by atoms with van der Waals surface area (Å²) in [7, 11) is 0. The lowest BCUT2D eigenvalue weighted by atomic mass is 9.70. The van der Waals surface area contributed by atoms with Crippen molar-refractivity contribution in [3.63, 3.8) is 0 Å². The summed E-state index contributed by atoms with van der Waals surface area (Å²) in [5.41, 5.74) is 0.209. The van der Waals surface area contributed by atoms with Crippen molar-refractivity contribution in [2.75, 3.05) is 19.6 Å². The van der Waals surface area contributed by atoms with Crippen LogP contribution in [0.4, 0.5) is 8.78 Å². The summed E-state index contributed by atoms with van der Waals surface area (Å²) in [6.07, 6.45) is 3.67. The SMILES string of the molecule is CC[C@H]1CN(C[C@H](c2cccc(OC(C)(F)F)c2)C2(N=O)CCCCC2)CC[C@H]1C. The number of halogens is 2. The van der Waals surface area contributed by atoms with E-state index in [9.17, 15) is 13.7 Å². The quantitative estimate of drug-likeness (QED) is 0.443. The molecule has 0 bridgehead atoms. The van der Waals surface area contributed by atoms with E-state index in [1.54, 1.807) is 18.2 Å². The molecular formula is C24H36F2N2O2. The van der Waals surface area contributed by atoms with E-state index in [-0.39, 0.29) is 11.7 Å². The number of alkyl halides is 2. The van der Waals surface area contributed by atoms with E-state index in [4.69, 9.17) is 4.74 Å². The summed E-state index contributed by atoms with van der Waals surface area (Å²) in [5, 5.41) is 3.71. The first-order chi connectivity index (χ1) is 14.3. The van der Waals surface area contributed by atoms with Crippen LogP contribution in [0.15, 0.2) is 29.4 Å². The number of hydrogen-bond acceptors (Lipinski definition) is 4. The summed E-state index contributed by atoms with van der Waals surface area (Å²) in [6.45, 7) is 8.07. The molecule has 4 nitrogen and oxygen atoms in total. The van der Waals surface area contributed by atoms with Crippen LogP contribution in [-0.2, 0) is 0 Å². The molecule has 6 heteroatoms. The number of rotatable bonds is 8. The maximum atomic E-state index is 13.4. The van der Waals surface area contributed by atoms with Crippen LogP contribution in [0, 0.1) is 16.7 Å². The van der Waals surface area contributed by atoms with Gasteiger partial charge in [0.15, 0.2) is 0 Å². The summed E-state index contributed by atoms with van der Waals surface area (Å²) in [5.74, 6) is 1.39. The Morgan fingerprint density at radius 1 is 1.30 bits per heavy atom. The molecule has 1 saturated heterocycles. The van der Waals surface area contributed by atoms with Crippen LogP contribution in [0.3, 0.4) is 0 Å². The molecule has 2 aliphatic rings. The highest BCUT2D eigenvalue weighted by Gasteiger charge is 2.44. The highest BCUT2D eigenvalue weighted by Crippen LogP contribution is 2.44. The van der Waals surface area contributed by atoms with Gasteiger partial charge >= 0.3 is 6.11 Å². The van der Waals surface area contributed by atoms with Crippen molar-refractivity contribution < 1.29 is 13.5 Å². The molecule has 30 heavy (non-hydrogen) atoms. The fourth-order valence-corrected chi connectivity index (χ4v) is 5.43. The number of nitroso groups, excluding NO2 is 1. The number of ether oxygens (including phenoxy) is 1. The van der Waals surface area contributed by atoms with Crippen molar-refractivity contribution >= 4 is 0 Å². The maximum Gasteiger partial charge on any atom is 0.394 e. The number of benzene rings is 1. The highest BCUT2D eigenvalue weighted by atomic mass is 19.3. The molecule has 3 rings (SSSR count). The number of piperidine rings is 1. The average Bonchev–Trinajstić information content (AvgIpc) is 2.72. The lowest BCUT2D eigenvalue weighted by Crippen LogP contribution is -2.47. The summed E-state index contributed by atoms with van der Waals surface area (Å²) in [6, 6.07) is 6.93. The predicted molar refractivity (Wildman–Crippen MR) is 116 cm³/mol. The fraction of sp³-hybridized carbons (Fsp3) is 0.750. The normalized spacial score (nSPS) is 26.2. The van der Waals surface area contributed by atoms with Gasteiger partial charge < -0.3 is 9.64 Å². The first-order valence-corrected chi connectivity index (χ1v) is 11.5. The first-order valence-electron chi connectivity index (χ1n) is 11.5. The topological polar surface area (TPSA) is 41.9 Å². The van der Waals surface area contributed by atoms with E-state index >= 15 is 0 Å². The van der Waals surface area contributed by atoms with Crippen LogP contribution < -0.4 is 4.74 Å². The second-order valence-electron chi connectivity index (χ2n) is 9.48. The van der Waals surface area contributed by atoms with Crippen LogP contribution >= 0.6 is 0 Å². The zero-order valence-corrected chi connectivity index (χ0v) is 18.6. The molecule has 168 valence electrons. The van der Waals surface area contributed by atoms with Crippen LogP contribution in [0.1, 0.15) is 77.2 Å². The zero-order valence-electron chi connectivity index (χ0n) is 18.6. The van der Waals surface area contributed by atoms with Crippen molar-refractivity contribution in [1.29, 1.82) is 0 Å². The molecule has 1 aromatic rings. The molecule has 1 aliphatic heterocycles. The lowest BCUT2D eigenvalue weighted by Gasteiger charge is -2.43. The standard InChI is InChI=1S/C24H36F2N2O2/c1-4-19-16-28(14-11-18(19)2)17-22(24(27-29)12-6-5-7-13-24)20-9-8-10-21(15-20)30-23(3,25)26/h8-10,15,18-19,22H,4-7,11-14,16-17H2,1-3H3/t18-,19+,22-/m1/s1. The molecule has 0 amide bonds. The molecule has 0 radical (unpaired) electrons. The second-order valence-corrected chi connectivity index (χ2v) is 9.48. The minimum atomic E-state index is -3.24. The average molecular weight is 423 g/mol. The van der Waals surface area contributed by atoms with Crippen molar-refractivity contribution in [1.82, 2.24) is 4.90 Å². The summed E-state index contributed by atoms with van der Waals surface area (Å²) < 4.78 is 31.7. The molecule has 2 fully saturated rings. The number of likely N-dealkylation sites (tertiary alicyclic amines) is 1. The van der Waals surface area contributed by atoms with E-state index in [0.717, 1.165) is 77.1 Å². The van der Waals surface area contributed by atoms with Crippen LogP contribution in [0.5, 0.6) is 5.75 Å². The van der Waals surface area contributed by atoms with Gasteiger partial charge in [-0.2, -0.15) is 13.7 Å². The number of hydrogen-bond donors (Lipinski definition) is 0. The Kier molecular flexibility index (Phi) is 7.48. The third-order valence-electron chi connectivity index (χ3n) is 7.27. The van der Waals surface area contributed by atoms with Gasteiger partial charge in [-0.3, -0.25) is 0 Å². The van der Waals surface area contributed by atoms with Gasteiger partial charge in [0.05, 0.1) is 0 Å². The van der Waals surface area contributed by atoms with Crippen LogP contribution in [0.2, 0.25) is 0 Å². The Hall–Kier alpha value is -1.56. The van der Waals surface area contributed by atoms with E-state index in [2.05, 4.69) is 23.9 Å². The van der Waals surface area contributed by atoms with Gasteiger partial charge in [0.1, 0.15) is 11.3 Å². The molecule has 1 saturated carbocycles. The Bertz CT molecular complexity index is 701.